The summed E-state index contributed by atoms with van der Waals surface area (Å²) >= 11 is 5.99. The van der Waals surface area contributed by atoms with Gasteiger partial charge in [0.15, 0.2) is 0 Å². The second kappa shape index (κ2) is 4.78. The number of rotatable bonds is 4. The van der Waals surface area contributed by atoms with Crippen molar-refractivity contribution in [2.75, 3.05) is 6.54 Å². The molecule has 1 aromatic rings. The molecule has 0 heterocycles. The van der Waals surface area contributed by atoms with Crippen LogP contribution in [0.3, 0.4) is 0 Å². The summed E-state index contributed by atoms with van der Waals surface area (Å²) in [7, 11) is 0. The van der Waals surface area contributed by atoms with E-state index >= 15 is 0 Å². The number of ether oxygens (including phenoxy) is 1. The smallest absolute Gasteiger partial charge is 0.0752 e. The first-order chi connectivity index (χ1) is 6.55. The molecule has 1 aromatic carbocycles. The fourth-order valence-corrected chi connectivity index (χ4v) is 1.14. The summed E-state index contributed by atoms with van der Waals surface area (Å²) in [5.74, 6) is 0. The van der Waals surface area contributed by atoms with E-state index in [1.54, 1.807) is 0 Å². The molecule has 0 aromatic heterocycles. The maximum Gasteiger partial charge on any atom is 0.0752 e. The van der Waals surface area contributed by atoms with Crippen LogP contribution in [0.5, 0.6) is 0 Å². The van der Waals surface area contributed by atoms with Crippen LogP contribution >= 0.6 is 11.6 Å². The van der Waals surface area contributed by atoms with E-state index in [-0.39, 0.29) is 5.60 Å². The van der Waals surface area contributed by atoms with E-state index in [2.05, 4.69) is 0 Å². The zero-order valence-electron chi connectivity index (χ0n) is 8.59. The lowest BCUT2D eigenvalue weighted by Crippen LogP contribution is -2.33. The molecule has 2 nitrogen and oxygen atoms in total. The lowest BCUT2D eigenvalue weighted by Gasteiger charge is -2.23. The molecule has 0 aliphatic rings. The maximum absolute atomic E-state index is 5.99. The predicted molar refractivity (Wildman–Crippen MR) is 59.4 cm³/mol. The number of benzene rings is 1. The van der Waals surface area contributed by atoms with Crippen LogP contribution in [-0.2, 0) is 11.3 Å². The molecule has 0 atom stereocenters. The van der Waals surface area contributed by atoms with Gasteiger partial charge in [-0.05, 0) is 25.5 Å². The van der Waals surface area contributed by atoms with Gasteiger partial charge in [-0.1, -0.05) is 29.8 Å². The van der Waals surface area contributed by atoms with Crippen LogP contribution in [-0.4, -0.2) is 12.1 Å². The summed E-state index contributed by atoms with van der Waals surface area (Å²) < 4.78 is 5.64. The molecule has 1 rings (SSSR count). The topological polar surface area (TPSA) is 35.2 Å². The Morgan fingerprint density at radius 2 is 2.00 bits per heavy atom. The van der Waals surface area contributed by atoms with Gasteiger partial charge in [0.1, 0.15) is 0 Å². The number of hydrogen-bond acceptors (Lipinski definition) is 2. The highest BCUT2D eigenvalue weighted by atomic mass is 35.5. The fourth-order valence-electron chi connectivity index (χ4n) is 0.947. The lowest BCUT2D eigenvalue weighted by molar-refractivity contribution is -0.0221. The van der Waals surface area contributed by atoms with Gasteiger partial charge in [-0.3, -0.25) is 0 Å². The Kier molecular flexibility index (Phi) is 3.93. The highest BCUT2D eigenvalue weighted by Crippen LogP contribution is 2.18. The molecule has 78 valence electrons. The number of nitrogens with two attached hydrogens (primary N) is 1. The molecule has 2 N–H and O–H groups in total. The third-order valence-electron chi connectivity index (χ3n) is 2.07. The van der Waals surface area contributed by atoms with Crippen LogP contribution in [0, 0.1) is 0 Å². The minimum absolute atomic E-state index is 0.292. The Labute approximate surface area is 90.0 Å². The molecular weight excluding hydrogens is 198 g/mol. The predicted octanol–water partition coefficient (Wildman–Crippen LogP) is 2.59. The van der Waals surface area contributed by atoms with Gasteiger partial charge in [0.05, 0.1) is 12.2 Å². The van der Waals surface area contributed by atoms with Gasteiger partial charge in [0.25, 0.3) is 0 Å². The Morgan fingerprint density at radius 1 is 1.36 bits per heavy atom. The molecule has 0 saturated carbocycles. The van der Waals surface area contributed by atoms with Crippen LogP contribution in [0.1, 0.15) is 19.4 Å². The second-order valence-electron chi connectivity index (χ2n) is 3.84. The minimum atomic E-state index is -0.292. The standard InChI is InChI=1S/C11H16ClNO/c1-11(2,8-13)14-7-9-5-3-4-6-10(9)12/h3-6H,7-8,13H2,1-2H3. The SMILES string of the molecule is CC(C)(CN)OCc1ccccc1Cl. The summed E-state index contributed by atoms with van der Waals surface area (Å²) in [6.07, 6.45) is 0. The van der Waals surface area contributed by atoms with Gasteiger partial charge in [-0.25, -0.2) is 0 Å². The highest BCUT2D eigenvalue weighted by molar-refractivity contribution is 6.31. The van der Waals surface area contributed by atoms with Crippen LogP contribution < -0.4 is 5.73 Å². The molecule has 0 saturated heterocycles. The van der Waals surface area contributed by atoms with Crippen molar-refractivity contribution in [2.45, 2.75) is 26.1 Å². The van der Waals surface area contributed by atoms with Crippen molar-refractivity contribution in [3.63, 3.8) is 0 Å². The summed E-state index contributed by atoms with van der Waals surface area (Å²) in [6.45, 7) is 4.93. The second-order valence-corrected chi connectivity index (χ2v) is 4.25. The van der Waals surface area contributed by atoms with E-state index in [9.17, 15) is 0 Å². The monoisotopic (exact) mass is 213 g/mol. The van der Waals surface area contributed by atoms with E-state index in [1.807, 2.05) is 38.1 Å². The van der Waals surface area contributed by atoms with Gasteiger partial charge in [-0.2, -0.15) is 0 Å². The van der Waals surface area contributed by atoms with Crippen molar-refractivity contribution in [2.24, 2.45) is 5.73 Å². The molecule has 0 aliphatic carbocycles. The summed E-state index contributed by atoms with van der Waals surface area (Å²) in [4.78, 5) is 0. The summed E-state index contributed by atoms with van der Waals surface area (Å²) in [5.41, 5.74) is 6.25. The van der Waals surface area contributed by atoms with Crippen molar-refractivity contribution in [1.29, 1.82) is 0 Å². The summed E-state index contributed by atoms with van der Waals surface area (Å²) in [5, 5.41) is 0.736. The van der Waals surface area contributed by atoms with Gasteiger partial charge in [0, 0.05) is 11.6 Å². The first kappa shape index (κ1) is 11.5. The van der Waals surface area contributed by atoms with Crippen molar-refractivity contribution in [3.8, 4) is 0 Å². The van der Waals surface area contributed by atoms with Gasteiger partial charge in [-0.15, -0.1) is 0 Å². The van der Waals surface area contributed by atoms with Crippen molar-refractivity contribution >= 4 is 11.6 Å². The van der Waals surface area contributed by atoms with E-state index in [0.717, 1.165) is 10.6 Å². The van der Waals surface area contributed by atoms with E-state index in [4.69, 9.17) is 22.1 Å². The normalized spacial score (nSPS) is 11.7. The molecule has 3 heteroatoms. The Balaban J connectivity index is 2.58. The third kappa shape index (κ3) is 3.29. The quantitative estimate of drug-likeness (QED) is 0.835. The first-order valence-corrected chi connectivity index (χ1v) is 5.00. The van der Waals surface area contributed by atoms with Crippen molar-refractivity contribution in [3.05, 3.63) is 34.9 Å². The molecule has 0 fully saturated rings. The van der Waals surface area contributed by atoms with E-state index in [0.29, 0.717) is 13.2 Å². The Bertz CT molecular complexity index is 299. The highest BCUT2D eigenvalue weighted by Gasteiger charge is 2.16. The molecule has 0 amide bonds. The minimum Gasteiger partial charge on any atom is -0.370 e. The molecule has 0 unspecified atom stereocenters. The van der Waals surface area contributed by atoms with Crippen LogP contribution in [0.15, 0.2) is 24.3 Å². The molecule has 14 heavy (non-hydrogen) atoms. The van der Waals surface area contributed by atoms with E-state index < -0.39 is 0 Å². The zero-order valence-corrected chi connectivity index (χ0v) is 9.34. The van der Waals surface area contributed by atoms with Crippen LogP contribution in [0.4, 0.5) is 0 Å². The van der Waals surface area contributed by atoms with Crippen LogP contribution in [0.2, 0.25) is 5.02 Å². The maximum atomic E-state index is 5.99. The fraction of sp³-hybridized carbons (Fsp3) is 0.455. The third-order valence-corrected chi connectivity index (χ3v) is 2.44. The largest absolute Gasteiger partial charge is 0.370 e. The van der Waals surface area contributed by atoms with Gasteiger partial charge >= 0.3 is 0 Å². The molecular formula is C11H16ClNO. The Hall–Kier alpha value is -0.570. The first-order valence-electron chi connectivity index (χ1n) is 4.62. The molecule has 0 spiro atoms. The molecule has 0 bridgehead atoms. The average Bonchev–Trinajstić information content (AvgIpc) is 2.17. The van der Waals surface area contributed by atoms with Crippen molar-refractivity contribution in [1.82, 2.24) is 0 Å². The number of halogens is 1. The zero-order chi connectivity index (χ0) is 10.6. The van der Waals surface area contributed by atoms with Gasteiger partial charge in [0.2, 0.25) is 0 Å². The summed E-state index contributed by atoms with van der Waals surface area (Å²) in [6, 6.07) is 7.66. The average molecular weight is 214 g/mol. The van der Waals surface area contributed by atoms with E-state index in [1.165, 1.54) is 0 Å². The lowest BCUT2D eigenvalue weighted by atomic mass is 10.1. The number of hydrogen-bond donors (Lipinski definition) is 1. The molecule has 0 radical (unpaired) electrons. The van der Waals surface area contributed by atoms with Crippen molar-refractivity contribution < 1.29 is 4.74 Å². The van der Waals surface area contributed by atoms with Crippen LogP contribution in [0.25, 0.3) is 0 Å². The van der Waals surface area contributed by atoms with Gasteiger partial charge < -0.3 is 10.5 Å². The Morgan fingerprint density at radius 3 is 2.57 bits per heavy atom. The molecule has 0 aliphatic heterocycles.